The summed E-state index contributed by atoms with van der Waals surface area (Å²) < 4.78 is 0. The molecule has 0 fully saturated rings. The Morgan fingerprint density at radius 2 is 2.00 bits per heavy atom. The van der Waals surface area contributed by atoms with Crippen LogP contribution in [0.5, 0.6) is 0 Å². The minimum absolute atomic E-state index is 0.257. The van der Waals surface area contributed by atoms with Crippen LogP contribution in [0.4, 0.5) is 11.5 Å². The van der Waals surface area contributed by atoms with Gasteiger partial charge in [-0.1, -0.05) is 30.1 Å². The zero-order valence-corrected chi connectivity index (χ0v) is 13.2. The van der Waals surface area contributed by atoms with Gasteiger partial charge in [-0.25, -0.2) is 4.98 Å². The second-order valence-electron chi connectivity index (χ2n) is 4.41. The topological polar surface area (TPSA) is 54.0 Å². The van der Waals surface area contributed by atoms with E-state index in [1.807, 2.05) is 6.92 Å². The third kappa shape index (κ3) is 3.86. The van der Waals surface area contributed by atoms with Gasteiger partial charge in [0, 0.05) is 23.3 Å². The number of nitrogens with zero attached hydrogens (tertiary/aromatic N) is 1. The van der Waals surface area contributed by atoms with Gasteiger partial charge in [-0.3, -0.25) is 4.79 Å². The van der Waals surface area contributed by atoms with E-state index in [9.17, 15) is 4.79 Å². The zero-order chi connectivity index (χ0) is 15.4. The summed E-state index contributed by atoms with van der Waals surface area (Å²) >= 11 is 12.0. The predicted octanol–water partition coefficient (Wildman–Crippen LogP) is 4.24. The Bertz CT molecular complexity index is 652. The van der Waals surface area contributed by atoms with Crippen LogP contribution >= 0.6 is 23.2 Å². The lowest BCUT2D eigenvalue weighted by atomic mass is 10.1. The molecule has 4 nitrogen and oxygen atoms in total. The first-order valence-electron chi connectivity index (χ1n) is 6.48. The van der Waals surface area contributed by atoms with Gasteiger partial charge in [-0.15, -0.1) is 0 Å². The molecule has 0 unspecified atom stereocenters. The highest BCUT2D eigenvalue weighted by Gasteiger charge is 2.11. The Kier molecular flexibility index (Phi) is 5.04. The maximum atomic E-state index is 12.3. The van der Waals surface area contributed by atoms with Crippen LogP contribution in [-0.4, -0.2) is 17.9 Å². The fourth-order valence-corrected chi connectivity index (χ4v) is 2.15. The maximum absolute atomic E-state index is 12.3. The number of hydrogen-bond acceptors (Lipinski definition) is 3. The molecule has 2 aromatic rings. The number of aromatic nitrogens is 1. The molecule has 21 heavy (non-hydrogen) atoms. The van der Waals surface area contributed by atoms with Gasteiger partial charge in [-0.2, -0.15) is 0 Å². The van der Waals surface area contributed by atoms with E-state index in [1.54, 1.807) is 37.4 Å². The summed E-state index contributed by atoms with van der Waals surface area (Å²) in [5, 5.41) is 6.65. The molecule has 0 aliphatic rings. The molecule has 1 amide bonds. The number of benzene rings is 1. The van der Waals surface area contributed by atoms with E-state index in [1.165, 1.54) is 0 Å². The summed E-state index contributed by atoms with van der Waals surface area (Å²) in [6.07, 6.45) is 0.744. The fraction of sp³-hybridized carbons (Fsp3) is 0.200. The molecule has 0 radical (unpaired) electrons. The molecule has 2 rings (SSSR count). The second-order valence-corrected chi connectivity index (χ2v) is 5.26. The van der Waals surface area contributed by atoms with Gasteiger partial charge in [0.05, 0.1) is 10.7 Å². The van der Waals surface area contributed by atoms with E-state index < -0.39 is 0 Å². The van der Waals surface area contributed by atoms with E-state index >= 15 is 0 Å². The highest BCUT2D eigenvalue weighted by Crippen LogP contribution is 2.26. The number of hydrogen-bond donors (Lipinski definition) is 2. The molecule has 0 atom stereocenters. The van der Waals surface area contributed by atoms with E-state index in [4.69, 9.17) is 23.2 Å². The van der Waals surface area contributed by atoms with Crippen molar-refractivity contribution in [2.24, 2.45) is 0 Å². The minimum atomic E-state index is -0.257. The summed E-state index contributed by atoms with van der Waals surface area (Å²) in [6.45, 7) is 1.98. The first-order chi connectivity index (χ1) is 10.0. The highest BCUT2D eigenvalue weighted by molar-refractivity contribution is 6.35. The number of nitrogens with one attached hydrogen (secondary N) is 2. The number of aryl methyl sites for hydroxylation is 1. The molecular formula is C15H15Cl2N3O. The molecular weight excluding hydrogens is 309 g/mol. The monoisotopic (exact) mass is 323 g/mol. The molecule has 2 N–H and O–H groups in total. The van der Waals surface area contributed by atoms with Gasteiger partial charge in [0.2, 0.25) is 0 Å². The minimum Gasteiger partial charge on any atom is -0.373 e. The van der Waals surface area contributed by atoms with Gasteiger partial charge in [0.1, 0.15) is 5.82 Å². The summed E-state index contributed by atoms with van der Waals surface area (Å²) in [7, 11) is 1.76. The SMILES string of the molecule is CCc1cc(C(=O)Nc2cc(Cl)ccc2Cl)cc(NC)n1. The molecule has 0 saturated heterocycles. The van der Waals surface area contributed by atoms with Crippen LogP contribution in [-0.2, 0) is 6.42 Å². The molecule has 6 heteroatoms. The Morgan fingerprint density at radius 3 is 2.67 bits per heavy atom. The first-order valence-corrected chi connectivity index (χ1v) is 7.24. The first kappa shape index (κ1) is 15.6. The van der Waals surface area contributed by atoms with Gasteiger partial charge in [0.15, 0.2) is 0 Å². The molecule has 0 bridgehead atoms. The van der Waals surface area contributed by atoms with Gasteiger partial charge >= 0.3 is 0 Å². The lowest BCUT2D eigenvalue weighted by molar-refractivity contribution is 0.102. The average molecular weight is 324 g/mol. The normalized spacial score (nSPS) is 10.3. The summed E-state index contributed by atoms with van der Waals surface area (Å²) in [6, 6.07) is 8.37. The van der Waals surface area contributed by atoms with Crippen molar-refractivity contribution in [3.63, 3.8) is 0 Å². The summed E-state index contributed by atoms with van der Waals surface area (Å²) in [4.78, 5) is 16.7. The number of pyridine rings is 1. The summed E-state index contributed by atoms with van der Waals surface area (Å²) in [5.41, 5.74) is 1.83. The lowest BCUT2D eigenvalue weighted by Gasteiger charge is -2.10. The third-order valence-electron chi connectivity index (χ3n) is 2.94. The summed E-state index contributed by atoms with van der Waals surface area (Å²) in [5.74, 6) is 0.393. The number of halogens is 2. The maximum Gasteiger partial charge on any atom is 0.255 e. The quantitative estimate of drug-likeness (QED) is 0.884. The van der Waals surface area contributed by atoms with Crippen molar-refractivity contribution in [3.05, 3.63) is 51.6 Å². The van der Waals surface area contributed by atoms with Crippen molar-refractivity contribution < 1.29 is 4.79 Å². The largest absolute Gasteiger partial charge is 0.373 e. The molecule has 0 spiro atoms. The van der Waals surface area contributed by atoms with Crippen molar-refractivity contribution in [3.8, 4) is 0 Å². The van der Waals surface area contributed by atoms with E-state index in [0.717, 1.165) is 12.1 Å². The number of anilines is 2. The van der Waals surface area contributed by atoms with Crippen molar-refractivity contribution in [1.82, 2.24) is 4.98 Å². The standard InChI is InChI=1S/C15H15Cl2N3O/c1-3-11-6-9(7-14(18-2)19-11)15(21)20-13-8-10(16)4-5-12(13)17/h4-8H,3H2,1-2H3,(H,18,19)(H,20,21). The number of carbonyl (C=O) groups excluding carboxylic acids is 1. The number of amides is 1. The van der Waals surface area contributed by atoms with Crippen LogP contribution in [0.15, 0.2) is 30.3 Å². The highest BCUT2D eigenvalue weighted by atomic mass is 35.5. The third-order valence-corrected chi connectivity index (χ3v) is 3.50. The Balaban J connectivity index is 2.29. The molecule has 0 saturated carbocycles. The van der Waals surface area contributed by atoms with Crippen LogP contribution in [0.3, 0.4) is 0 Å². The molecule has 1 aromatic carbocycles. The Morgan fingerprint density at radius 1 is 1.24 bits per heavy atom. The average Bonchev–Trinajstić information content (AvgIpc) is 2.50. The van der Waals surface area contributed by atoms with Crippen molar-refractivity contribution in [1.29, 1.82) is 0 Å². The van der Waals surface area contributed by atoms with Crippen LogP contribution in [0.1, 0.15) is 23.0 Å². The van der Waals surface area contributed by atoms with Crippen LogP contribution in [0.25, 0.3) is 0 Å². The zero-order valence-electron chi connectivity index (χ0n) is 11.7. The smallest absolute Gasteiger partial charge is 0.255 e. The van der Waals surface area contributed by atoms with Crippen molar-refractivity contribution >= 4 is 40.6 Å². The van der Waals surface area contributed by atoms with Crippen molar-refractivity contribution in [2.45, 2.75) is 13.3 Å². The van der Waals surface area contributed by atoms with Crippen molar-refractivity contribution in [2.75, 3.05) is 17.7 Å². The number of carbonyl (C=O) groups is 1. The predicted molar refractivity (Wildman–Crippen MR) is 87.6 cm³/mol. The molecule has 110 valence electrons. The van der Waals surface area contributed by atoms with Gasteiger partial charge < -0.3 is 10.6 Å². The van der Waals surface area contributed by atoms with E-state index in [-0.39, 0.29) is 5.91 Å². The molecule has 0 aliphatic heterocycles. The lowest BCUT2D eigenvalue weighted by Crippen LogP contribution is -2.13. The van der Waals surface area contributed by atoms with Crippen LogP contribution < -0.4 is 10.6 Å². The van der Waals surface area contributed by atoms with E-state index in [2.05, 4.69) is 15.6 Å². The second kappa shape index (κ2) is 6.78. The fourth-order valence-electron chi connectivity index (χ4n) is 1.82. The van der Waals surface area contributed by atoms with Crippen LogP contribution in [0, 0.1) is 0 Å². The van der Waals surface area contributed by atoms with Gasteiger partial charge in [-0.05, 0) is 36.8 Å². The van der Waals surface area contributed by atoms with E-state index in [0.29, 0.717) is 27.1 Å². The Labute approximate surface area is 133 Å². The van der Waals surface area contributed by atoms with Crippen LogP contribution in [0.2, 0.25) is 10.0 Å². The molecule has 1 aromatic heterocycles. The Hall–Kier alpha value is -1.78. The number of rotatable bonds is 4. The molecule has 0 aliphatic carbocycles. The molecule has 1 heterocycles. The van der Waals surface area contributed by atoms with Gasteiger partial charge in [0.25, 0.3) is 5.91 Å².